The van der Waals surface area contributed by atoms with Crippen molar-refractivity contribution in [2.24, 2.45) is 0 Å². The average molecular weight is 560 g/mol. The Kier molecular flexibility index (Phi) is 27.4. The van der Waals surface area contributed by atoms with Crippen molar-refractivity contribution < 1.29 is 24.2 Å². The van der Waals surface area contributed by atoms with E-state index in [1.165, 1.54) is 44.9 Å². The zero-order valence-electron chi connectivity index (χ0n) is 25.4. The number of hydrogen-bond donors (Lipinski definition) is 2. The van der Waals surface area contributed by atoms with Crippen LogP contribution in [0.5, 0.6) is 0 Å². The van der Waals surface area contributed by atoms with Gasteiger partial charge in [0.2, 0.25) is 5.91 Å². The number of carboxylic acids is 1. The lowest BCUT2D eigenvalue weighted by atomic mass is 10.1. The molecule has 0 aliphatic heterocycles. The fourth-order valence-corrected chi connectivity index (χ4v) is 4.19. The molecule has 0 fully saturated rings. The van der Waals surface area contributed by atoms with Crippen LogP contribution in [0.15, 0.2) is 48.6 Å². The van der Waals surface area contributed by atoms with Crippen LogP contribution in [0.2, 0.25) is 0 Å². The van der Waals surface area contributed by atoms with Gasteiger partial charge in [-0.1, -0.05) is 114 Å². The lowest BCUT2D eigenvalue weighted by Gasteiger charge is -2.14. The van der Waals surface area contributed by atoms with Crippen LogP contribution in [-0.2, 0) is 19.1 Å². The SMILES string of the molecule is CC/C=C\C/C=C\C/C=C\C/C=C\C(CCCCCC(=O)NCC(=O)O)OC(=O)CCCCCCCCCCC. The Labute approximate surface area is 244 Å². The number of esters is 1. The molecule has 0 saturated heterocycles. The highest BCUT2D eigenvalue weighted by atomic mass is 16.5. The minimum Gasteiger partial charge on any atom is -0.480 e. The lowest BCUT2D eigenvalue weighted by molar-refractivity contribution is -0.147. The van der Waals surface area contributed by atoms with Crippen LogP contribution >= 0.6 is 0 Å². The number of ether oxygens (including phenoxy) is 1. The van der Waals surface area contributed by atoms with Crippen molar-refractivity contribution in [2.45, 2.75) is 142 Å². The monoisotopic (exact) mass is 559 g/mol. The van der Waals surface area contributed by atoms with E-state index in [4.69, 9.17) is 9.84 Å². The molecule has 6 heteroatoms. The Balaban J connectivity index is 4.42. The largest absolute Gasteiger partial charge is 0.480 e. The van der Waals surface area contributed by atoms with Crippen molar-refractivity contribution in [3.8, 4) is 0 Å². The van der Waals surface area contributed by atoms with Crippen LogP contribution in [0.4, 0.5) is 0 Å². The van der Waals surface area contributed by atoms with Crippen molar-refractivity contribution in [3.05, 3.63) is 48.6 Å². The summed E-state index contributed by atoms with van der Waals surface area (Å²) in [7, 11) is 0. The second-order valence-corrected chi connectivity index (χ2v) is 10.3. The lowest BCUT2D eigenvalue weighted by Crippen LogP contribution is -2.28. The molecule has 0 rings (SSSR count). The number of hydrogen-bond acceptors (Lipinski definition) is 4. The van der Waals surface area contributed by atoms with Crippen molar-refractivity contribution in [1.82, 2.24) is 5.32 Å². The van der Waals surface area contributed by atoms with Crippen molar-refractivity contribution >= 4 is 17.8 Å². The van der Waals surface area contributed by atoms with Crippen LogP contribution < -0.4 is 5.32 Å². The Morgan fingerprint density at radius 3 is 1.80 bits per heavy atom. The van der Waals surface area contributed by atoms with E-state index < -0.39 is 5.97 Å². The first-order valence-electron chi connectivity index (χ1n) is 15.8. The van der Waals surface area contributed by atoms with E-state index in [0.717, 1.165) is 51.4 Å². The highest BCUT2D eigenvalue weighted by Gasteiger charge is 2.12. The second kappa shape index (κ2) is 29.4. The predicted molar refractivity (Wildman–Crippen MR) is 166 cm³/mol. The molecule has 40 heavy (non-hydrogen) atoms. The topological polar surface area (TPSA) is 92.7 Å². The molecule has 0 aliphatic carbocycles. The summed E-state index contributed by atoms with van der Waals surface area (Å²) < 4.78 is 5.79. The Bertz CT molecular complexity index is 753. The first-order valence-corrected chi connectivity index (χ1v) is 15.8. The molecule has 0 aromatic carbocycles. The number of carbonyl (C=O) groups is 3. The number of amides is 1. The smallest absolute Gasteiger partial charge is 0.322 e. The normalized spacial score (nSPS) is 12.7. The third-order valence-corrected chi connectivity index (χ3v) is 6.50. The molecular formula is C34H57NO5. The van der Waals surface area contributed by atoms with Gasteiger partial charge in [-0.25, -0.2) is 0 Å². The Morgan fingerprint density at radius 1 is 0.675 bits per heavy atom. The molecule has 0 spiro atoms. The molecule has 1 amide bonds. The van der Waals surface area contributed by atoms with Gasteiger partial charge in [0, 0.05) is 12.8 Å². The van der Waals surface area contributed by atoms with Gasteiger partial charge < -0.3 is 15.2 Å². The summed E-state index contributed by atoms with van der Waals surface area (Å²) in [6.45, 7) is 4.02. The van der Waals surface area contributed by atoms with Gasteiger partial charge in [-0.15, -0.1) is 0 Å². The molecule has 0 heterocycles. The van der Waals surface area contributed by atoms with Gasteiger partial charge in [0.15, 0.2) is 0 Å². The molecule has 6 nitrogen and oxygen atoms in total. The summed E-state index contributed by atoms with van der Waals surface area (Å²) in [5.41, 5.74) is 0. The zero-order valence-corrected chi connectivity index (χ0v) is 25.4. The number of unbranched alkanes of at least 4 members (excludes halogenated alkanes) is 10. The second-order valence-electron chi connectivity index (χ2n) is 10.3. The first kappa shape index (κ1) is 37.4. The van der Waals surface area contributed by atoms with E-state index in [1.54, 1.807) is 0 Å². The van der Waals surface area contributed by atoms with Gasteiger partial charge in [-0.3, -0.25) is 14.4 Å². The molecule has 0 aromatic heterocycles. The molecule has 1 unspecified atom stereocenters. The Hall–Kier alpha value is -2.63. The number of carboxylic acid groups (broad SMARTS) is 1. The summed E-state index contributed by atoms with van der Waals surface area (Å²) >= 11 is 0. The molecule has 1 atom stereocenters. The molecule has 0 aliphatic rings. The summed E-state index contributed by atoms with van der Waals surface area (Å²) in [6.07, 6.45) is 35.2. The highest BCUT2D eigenvalue weighted by Crippen LogP contribution is 2.14. The van der Waals surface area contributed by atoms with Crippen molar-refractivity contribution in [1.29, 1.82) is 0 Å². The quantitative estimate of drug-likeness (QED) is 0.0596. The van der Waals surface area contributed by atoms with Crippen LogP contribution in [-0.4, -0.2) is 35.6 Å². The fourth-order valence-electron chi connectivity index (χ4n) is 4.19. The molecule has 0 saturated carbocycles. The first-order chi connectivity index (χ1) is 19.5. The van der Waals surface area contributed by atoms with E-state index in [-0.39, 0.29) is 24.5 Å². The van der Waals surface area contributed by atoms with Gasteiger partial charge in [0.25, 0.3) is 0 Å². The third kappa shape index (κ3) is 28.4. The van der Waals surface area contributed by atoms with Gasteiger partial charge in [-0.05, 0) is 57.4 Å². The van der Waals surface area contributed by atoms with Crippen molar-refractivity contribution in [3.63, 3.8) is 0 Å². The van der Waals surface area contributed by atoms with Gasteiger partial charge in [0.05, 0.1) is 0 Å². The van der Waals surface area contributed by atoms with E-state index in [2.05, 4.69) is 61.7 Å². The fraction of sp³-hybridized carbons (Fsp3) is 0.676. The van der Waals surface area contributed by atoms with Crippen LogP contribution in [0, 0.1) is 0 Å². The molecule has 0 radical (unpaired) electrons. The number of nitrogens with one attached hydrogen (secondary N) is 1. The Morgan fingerprint density at radius 2 is 1.20 bits per heavy atom. The highest BCUT2D eigenvalue weighted by molar-refractivity contribution is 5.80. The van der Waals surface area contributed by atoms with Crippen molar-refractivity contribution in [2.75, 3.05) is 6.54 Å². The van der Waals surface area contributed by atoms with E-state index in [9.17, 15) is 14.4 Å². The van der Waals surface area contributed by atoms with Gasteiger partial charge in [0.1, 0.15) is 12.6 Å². The summed E-state index contributed by atoms with van der Waals surface area (Å²) in [4.78, 5) is 34.7. The molecule has 228 valence electrons. The van der Waals surface area contributed by atoms with E-state index >= 15 is 0 Å². The predicted octanol–water partition coefficient (Wildman–Crippen LogP) is 8.78. The molecular weight excluding hydrogens is 502 g/mol. The maximum atomic E-state index is 12.5. The van der Waals surface area contributed by atoms with Crippen LogP contribution in [0.3, 0.4) is 0 Å². The number of carbonyl (C=O) groups excluding carboxylic acids is 2. The number of aliphatic carboxylic acids is 1. The minimum absolute atomic E-state index is 0.136. The standard InChI is InChI=1S/C34H57NO5/c1-3-5-7-9-11-13-14-16-17-19-22-26-31(27-23-21-24-28-32(36)35-30-33(37)38)40-34(39)29-25-20-18-15-12-10-8-6-4-2/h5,7,11,13,16-17,22,26,31H,3-4,6,8-10,12,14-15,18-21,23-25,27-30H2,1-2H3,(H,35,36)(H,37,38)/b7-5-,13-11-,17-16-,26-22-. The van der Waals surface area contributed by atoms with Gasteiger partial charge in [-0.2, -0.15) is 0 Å². The minimum atomic E-state index is -1.04. The number of rotatable bonds is 27. The maximum absolute atomic E-state index is 12.5. The van der Waals surface area contributed by atoms with Crippen LogP contribution in [0.25, 0.3) is 0 Å². The summed E-state index contributed by atoms with van der Waals surface area (Å²) in [6, 6.07) is 0. The van der Waals surface area contributed by atoms with Gasteiger partial charge >= 0.3 is 11.9 Å². The summed E-state index contributed by atoms with van der Waals surface area (Å²) in [5, 5.41) is 11.0. The average Bonchev–Trinajstić information content (AvgIpc) is 2.93. The van der Waals surface area contributed by atoms with E-state index in [1.807, 2.05) is 6.08 Å². The third-order valence-electron chi connectivity index (χ3n) is 6.50. The van der Waals surface area contributed by atoms with Crippen LogP contribution in [0.1, 0.15) is 136 Å². The maximum Gasteiger partial charge on any atom is 0.322 e. The molecule has 0 aromatic rings. The number of allylic oxidation sites excluding steroid dienone is 7. The van der Waals surface area contributed by atoms with E-state index in [0.29, 0.717) is 25.7 Å². The summed E-state index contributed by atoms with van der Waals surface area (Å²) in [5.74, 6) is -1.42. The molecule has 2 N–H and O–H groups in total. The molecule has 0 bridgehead atoms. The zero-order chi connectivity index (χ0) is 29.5.